The van der Waals surface area contributed by atoms with Gasteiger partial charge in [-0.15, -0.1) is 0 Å². The number of aromatic nitrogens is 1. The third-order valence-electron chi connectivity index (χ3n) is 3.77. The molecule has 1 amide bonds. The fraction of sp³-hybridized carbons (Fsp3) is 0.105. The molecule has 0 saturated carbocycles. The van der Waals surface area contributed by atoms with E-state index in [-0.39, 0.29) is 12.0 Å². The number of allylic oxidation sites excluding steroid dienone is 1. The summed E-state index contributed by atoms with van der Waals surface area (Å²) < 4.78 is 36.7. The van der Waals surface area contributed by atoms with Gasteiger partial charge in [-0.1, -0.05) is 24.3 Å². The predicted molar refractivity (Wildman–Crippen MR) is 92.5 cm³/mol. The van der Waals surface area contributed by atoms with E-state index in [1.54, 1.807) is 19.1 Å². The molecule has 0 radical (unpaired) electrons. The summed E-state index contributed by atoms with van der Waals surface area (Å²) in [6.07, 6.45) is -1.39. The fourth-order valence-electron chi connectivity index (χ4n) is 2.56. The van der Waals surface area contributed by atoms with Crippen molar-refractivity contribution in [2.24, 2.45) is 0 Å². The highest BCUT2D eigenvalue weighted by Gasteiger charge is 2.21. The minimum Gasteiger partial charge on any atom is -0.361 e. The molecule has 1 aromatic heterocycles. The average Bonchev–Trinajstić information content (AvgIpc) is 3.00. The molecule has 2 aromatic carbocycles. The maximum atomic E-state index is 12.4. The van der Waals surface area contributed by atoms with Crippen molar-refractivity contribution in [1.29, 1.82) is 0 Å². The molecule has 3 rings (SSSR count). The number of anilines is 1. The number of benzene rings is 2. The first-order chi connectivity index (χ1) is 11.8. The van der Waals surface area contributed by atoms with Gasteiger partial charge in [0.25, 0.3) is 5.91 Å². The van der Waals surface area contributed by atoms with E-state index in [4.69, 9.17) is 0 Å². The first-order valence-electron chi connectivity index (χ1n) is 7.57. The summed E-state index contributed by atoms with van der Waals surface area (Å²) in [4.78, 5) is 15.5. The normalized spacial score (nSPS) is 12.0. The number of rotatable bonds is 3. The summed E-state index contributed by atoms with van der Waals surface area (Å²) in [7, 11) is 0. The van der Waals surface area contributed by atoms with E-state index in [0.29, 0.717) is 22.4 Å². The van der Waals surface area contributed by atoms with E-state index in [0.717, 1.165) is 17.0 Å². The van der Waals surface area contributed by atoms with Crippen LogP contribution >= 0.6 is 0 Å². The summed E-state index contributed by atoms with van der Waals surface area (Å²) >= 11 is 0. The Labute approximate surface area is 142 Å². The van der Waals surface area contributed by atoms with E-state index >= 15 is 0 Å². The quantitative estimate of drug-likeness (QED) is 0.665. The molecule has 0 atom stereocenters. The lowest BCUT2D eigenvalue weighted by Gasteiger charge is -2.09. The molecule has 0 spiro atoms. The molecule has 25 heavy (non-hydrogen) atoms. The van der Waals surface area contributed by atoms with Gasteiger partial charge in [0.2, 0.25) is 0 Å². The molecule has 2 N–H and O–H groups in total. The van der Waals surface area contributed by atoms with E-state index in [9.17, 15) is 18.0 Å². The Bertz CT molecular complexity index is 955. The Kier molecular flexibility index (Phi) is 4.35. The number of carbonyl (C=O) groups is 1. The van der Waals surface area contributed by atoms with Gasteiger partial charge in [0.1, 0.15) is 0 Å². The Morgan fingerprint density at radius 3 is 2.64 bits per heavy atom. The zero-order chi connectivity index (χ0) is 18.0. The van der Waals surface area contributed by atoms with Crippen LogP contribution in [-0.2, 0) is 0 Å². The van der Waals surface area contributed by atoms with Gasteiger partial charge in [-0.25, -0.2) is 0 Å². The molecule has 0 unspecified atom stereocenters. The van der Waals surface area contributed by atoms with Crippen molar-refractivity contribution in [3.8, 4) is 0 Å². The maximum Gasteiger partial charge on any atom is 0.409 e. The van der Waals surface area contributed by atoms with Gasteiger partial charge in [0, 0.05) is 29.0 Å². The number of fused-ring (bicyclic) bond motifs is 1. The summed E-state index contributed by atoms with van der Waals surface area (Å²) in [5.41, 5.74) is 2.94. The van der Waals surface area contributed by atoms with Crippen LogP contribution in [0.3, 0.4) is 0 Å². The molecule has 0 aliphatic rings. The molecule has 0 aliphatic heterocycles. The molecular weight excluding hydrogens is 329 g/mol. The molecule has 3 nitrogen and oxygen atoms in total. The van der Waals surface area contributed by atoms with Crippen molar-refractivity contribution in [2.75, 3.05) is 5.32 Å². The standard InChI is InChI=1S/C19H15F3N2O/c1-12-10-13(6-8-19(20,21)22)2-5-16(12)18(25)24-15-4-3-14-7-9-23-17(14)11-15/h2-11,23H,1H3,(H,24,25). The van der Waals surface area contributed by atoms with Gasteiger partial charge in [-0.3, -0.25) is 4.79 Å². The van der Waals surface area contributed by atoms with Gasteiger partial charge in [-0.05, 0) is 47.7 Å². The van der Waals surface area contributed by atoms with Crippen molar-refractivity contribution in [3.63, 3.8) is 0 Å². The predicted octanol–water partition coefficient (Wildman–Crippen LogP) is 5.30. The van der Waals surface area contributed by atoms with Gasteiger partial charge < -0.3 is 10.3 Å². The van der Waals surface area contributed by atoms with E-state index in [1.165, 1.54) is 12.1 Å². The zero-order valence-electron chi connectivity index (χ0n) is 13.3. The van der Waals surface area contributed by atoms with Crippen molar-refractivity contribution in [1.82, 2.24) is 4.98 Å². The van der Waals surface area contributed by atoms with Gasteiger partial charge in [0.15, 0.2) is 0 Å². The number of H-pyrrole nitrogens is 1. The molecule has 0 saturated heterocycles. The van der Waals surface area contributed by atoms with E-state index < -0.39 is 6.18 Å². The Morgan fingerprint density at radius 2 is 1.92 bits per heavy atom. The first-order valence-corrected chi connectivity index (χ1v) is 7.57. The number of halogens is 3. The molecule has 0 bridgehead atoms. The zero-order valence-corrected chi connectivity index (χ0v) is 13.3. The minimum absolute atomic E-state index is 0.174. The lowest BCUT2D eigenvalue weighted by molar-refractivity contribution is -0.0790. The van der Waals surface area contributed by atoms with Gasteiger partial charge in [-0.2, -0.15) is 13.2 Å². The third-order valence-corrected chi connectivity index (χ3v) is 3.77. The second-order valence-corrected chi connectivity index (χ2v) is 5.68. The van der Waals surface area contributed by atoms with Crippen LogP contribution in [0.25, 0.3) is 17.0 Å². The van der Waals surface area contributed by atoms with Crippen LogP contribution in [0.15, 0.2) is 54.7 Å². The monoisotopic (exact) mass is 344 g/mol. The Hall–Kier alpha value is -3.02. The second kappa shape index (κ2) is 6.47. The number of aryl methyl sites for hydroxylation is 1. The third kappa shape index (κ3) is 4.09. The lowest BCUT2D eigenvalue weighted by Crippen LogP contribution is -2.13. The number of hydrogen-bond donors (Lipinski definition) is 2. The summed E-state index contributed by atoms with van der Waals surface area (Å²) in [6.45, 7) is 1.69. The van der Waals surface area contributed by atoms with Crippen molar-refractivity contribution < 1.29 is 18.0 Å². The summed E-state index contributed by atoms with van der Waals surface area (Å²) in [5, 5.41) is 3.84. The van der Waals surface area contributed by atoms with Crippen LogP contribution in [0.4, 0.5) is 18.9 Å². The highest BCUT2D eigenvalue weighted by atomic mass is 19.4. The van der Waals surface area contributed by atoms with Crippen LogP contribution in [0.2, 0.25) is 0 Å². The van der Waals surface area contributed by atoms with Gasteiger partial charge >= 0.3 is 6.18 Å². The largest absolute Gasteiger partial charge is 0.409 e. The molecular formula is C19H15F3N2O. The van der Waals surface area contributed by atoms with Crippen molar-refractivity contribution >= 4 is 28.6 Å². The first kappa shape index (κ1) is 16.8. The highest BCUT2D eigenvalue weighted by molar-refractivity contribution is 6.06. The van der Waals surface area contributed by atoms with Crippen molar-refractivity contribution in [3.05, 3.63) is 71.4 Å². The second-order valence-electron chi connectivity index (χ2n) is 5.68. The number of hydrogen-bond acceptors (Lipinski definition) is 1. The van der Waals surface area contributed by atoms with Crippen LogP contribution in [-0.4, -0.2) is 17.1 Å². The smallest absolute Gasteiger partial charge is 0.361 e. The molecule has 3 aromatic rings. The molecule has 1 heterocycles. The average molecular weight is 344 g/mol. The van der Waals surface area contributed by atoms with Crippen molar-refractivity contribution in [2.45, 2.75) is 13.1 Å². The maximum absolute atomic E-state index is 12.4. The van der Waals surface area contributed by atoms with Crippen LogP contribution in [0, 0.1) is 6.92 Å². The summed E-state index contributed by atoms with van der Waals surface area (Å²) in [6, 6.07) is 12.0. The fourth-order valence-corrected chi connectivity index (χ4v) is 2.56. The highest BCUT2D eigenvalue weighted by Crippen LogP contribution is 2.21. The molecule has 128 valence electrons. The van der Waals surface area contributed by atoms with Crippen LogP contribution in [0.5, 0.6) is 0 Å². The molecule has 0 fully saturated rings. The Balaban J connectivity index is 1.78. The lowest BCUT2D eigenvalue weighted by atomic mass is 10.0. The number of amides is 1. The van der Waals surface area contributed by atoms with Crippen LogP contribution in [0.1, 0.15) is 21.5 Å². The molecule has 0 aliphatic carbocycles. The number of carbonyl (C=O) groups excluding carboxylic acids is 1. The SMILES string of the molecule is Cc1cc(C=CC(F)(F)F)ccc1C(=O)Nc1ccc2cc[nH]c2c1. The summed E-state index contributed by atoms with van der Waals surface area (Å²) in [5.74, 6) is -0.310. The number of nitrogens with one attached hydrogen (secondary N) is 2. The Morgan fingerprint density at radius 1 is 1.12 bits per heavy atom. The van der Waals surface area contributed by atoms with Gasteiger partial charge in [0.05, 0.1) is 0 Å². The van der Waals surface area contributed by atoms with E-state index in [2.05, 4.69) is 10.3 Å². The molecule has 6 heteroatoms. The minimum atomic E-state index is -4.36. The van der Waals surface area contributed by atoms with Crippen LogP contribution < -0.4 is 5.32 Å². The number of alkyl halides is 3. The van der Waals surface area contributed by atoms with E-state index in [1.807, 2.05) is 24.4 Å². The number of aromatic amines is 1. The topological polar surface area (TPSA) is 44.9 Å².